The van der Waals surface area contributed by atoms with Crippen molar-refractivity contribution in [3.05, 3.63) is 0 Å². The molecule has 1 saturated carbocycles. The maximum atomic E-state index is 12.1. The van der Waals surface area contributed by atoms with Crippen LogP contribution in [0.3, 0.4) is 0 Å². The first-order valence-corrected chi connectivity index (χ1v) is 6.31. The SMILES string of the molecule is CN(C(=O)C1=NNC(=O)CC1)C1CCCCC1. The van der Waals surface area contributed by atoms with E-state index >= 15 is 0 Å². The Kier molecular flexibility index (Phi) is 3.76. The highest BCUT2D eigenvalue weighted by molar-refractivity contribution is 6.39. The molecule has 0 unspecified atom stereocenters. The lowest BCUT2D eigenvalue weighted by Gasteiger charge is -2.31. The number of nitrogens with zero attached hydrogens (tertiary/aromatic N) is 2. The van der Waals surface area contributed by atoms with Gasteiger partial charge < -0.3 is 4.90 Å². The molecule has 1 aliphatic carbocycles. The standard InChI is InChI=1S/C12H19N3O2/c1-15(9-5-3-2-4-6-9)12(17)10-7-8-11(16)14-13-10/h9H,2-8H2,1H3,(H,14,16). The van der Waals surface area contributed by atoms with E-state index in [0.29, 0.717) is 24.6 Å². The average Bonchev–Trinajstić information content (AvgIpc) is 2.39. The van der Waals surface area contributed by atoms with Gasteiger partial charge in [-0.05, 0) is 12.8 Å². The van der Waals surface area contributed by atoms with Crippen molar-refractivity contribution >= 4 is 17.5 Å². The topological polar surface area (TPSA) is 61.8 Å². The Morgan fingerprint density at radius 2 is 2.00 bits per heavy atom. The van der Waals surface area contributed by atoms with Crippen molar-refractivity contribution in [3.63, 3.8) is 0 Å². The maximum absolute atomic E-state index is 12.1. The van der Waals surface area contributed by atoms with Gasteiger partial charge in [0.1, 0.15) is 5.71 Å². The van der Waals surface area contributed by atoms with Crippen molar-refractivity contribution in [1.29, 1.82) is 0 Å². The van der Waals surface area contributed by atoms with Gasteiger partial charge in [0.05, 0.1) is 0 Å². The molecule has 2 rings (SSSR count). The zero-order valence-electron chi connectivity index (χ0n) is 10.2. The van der Waals surface area contributed by atoms with E-state index in [4.69, 9.17) is 0 Å². The number of rotatable bonds is 2. The third kappa shape index (κ3) is 2.84. The van der Waals surface area contributed by atoms with Crippen LogP contribution in [-0.2, 0) is 9.59 Å². The first kappa shape index (κ1) is 12.1. The number of amides is 2. The van der Waals surface area contributed by atoms with E-state index in [2.05, 4.69) is 10.5 Å². The summed E-state index contributed by atoms with van der Waals surface area (Å²) in [6.45, 7) is 0. The molecule has 2 amide bonds. The molecule has 0 aromatic rings. The molecule has 0 radical (unpaired) electrons. The van der Waals surface area contributed by atoms with Crippen LogP contribution in [0.4, 0.5) is 0 Å². The number of hydrogen-bond donors (Lipinski definition) is 1. The molecular formula is C12H19N3O2. The van der Waals surface area contributed by atoms with Crippen LogP contribution in [0.25, 0.3) is 0 Å². The molecule has 94 valence electrons. The summed E-state index contributed by atoms with van der Waals surface area (Å²) in [5.41, 5.74) is 2.86. The van der Waals surface area contributed by atoms with E-state index in [1.807, 2.05) is 7.05 Å². The van der Waals surface area contributed by atoms with Crippen molar-refractivity contribution in [3.8, 4) is 0 Å². The average molecular weight is 237 g/mol. The predicted octanol–water partition coefficient (Wildman–Crippen LogP) is 1.04. The summed E-state index contributed by atoms with van der Waals surface area (Å²) in [5, 5.41) is 3.85. The van der Waals surface area contributed by atoms with Gasteiger partial charge in [0.2, 0.25) is 5.91 Å². The van der Waals surface area contributed by atoms with Crippen LogP contribution in [0.2, 0.25) is 0 Å². The molecule has 0 bridgehead atoms. The third-order valence-corrected chi connectivity index (χ3v) is 3.59. The lowest BCUT2D eigenvalue weighted by molar-refractivity contribution is -0.125. The van der Waals surface area contributed by atoms with Crippen molar-refractivity contribution in [2.24, 2.45) is 5.10 Å². The molecule has 1 N–H and O–H groups in total. The zero-order valence-corrected chi connectivity index (χ0v) is 10.2. The second-order valence-corrected chi connectivity index (χ2v) is 4.80. The summed E-state index contributed by atoms with van der Waals surface area (Å²) in [7, 11) is 1.84. The fourth-order valence-electron chi connectivity index (χ4n) is 2.47. The first-order valence-electron chi connectivity index (χ1n) is 6.31. The van der Waals surface area contributed by atoms with Gasteiger partial charge in [-0.2, -0.15) is 5.10 Å². The van der Waals surface area contributed by atoms with Gasteiger partial charge in [-0.15, -0.1) is 0 Å². The summed E-state index contributed by atoms with van der Waals surface area (Å²) in [4.78, 5) is 24.9. The Hall–Kier alpha value is -1.39. The van der Waals surface area contributed by atoms with E-state index < -0.39 is 0 Å². The molecule has 5 heteroatoms. The summed E-state index contributed by atoms with van der Waals surface area (Å²) < 4.78 is 0. The van der Waals surface area contributed by atoms with E-state index in [1.165, 1.54) is 19.3 Å². The monoisotopic (exact) mass is 237 g/mol. The molecular weight excluding hydrogens is 218 g/mol. The highest BCUT2D eigenvalue weighted by Gasteiger charge is 2.26. The minimum Gasteiger partial charge on any atom is -0.338 e. The lowest BCUT2D eigenvalue weighted by Crippen LogP contribution is -2.44. The smallest absolute Gasteiger partial charge is 0.270 e. The van der Waals surface area contributed by atoms with Gasteiger partial charge in [-0.25, -0.2) is 5.43 Å². The van der Waals surface area contributed by atoms with Gasteiger partial charge in [-0.3, -0.25) is 9.59 Å². The molecule has 1 fully saturated rings. The Morgan fingerprint density at radius 3 is 2.59 bits per heavy atom. The van der Waals surface area contributed by atoms with E-state index in [0.717, 1.165) is 12.8 Å². The Balaban J connectivity index is 1.96. The van der Waals surface area contributed by atoms with Crippen LogP contribution in [0.1, 0.15) is 44.9 Å². The third-order valence-electron chi connectivity index (χ3n) is 3.59. The van der Waals surface area contributed by atoms with Crippen LogP contribution in [0, 0.1) is 0 Å². The number of carbonyl (C=O) groups excluding carboxylic acids is 2. The fourth-order valence-corrected chi connectivity index (χ4v) is 2.47. The number of hydrazone groups is 1. The number of carbonyl (C=O) groups is 2. The molecule has 17 heavy (non-hydrogen) atoms. The number of hydrogen-bond acceptors (Lipinski definition) is 3. The molecule has 0 aromatic heterocycles. The Bertz CT molecular complexity index is 346. The molecule has 0 spiro atoms. The molecule has 0 atom stereocenters. The second-order valence-electron chi connectivity index (χ2n) is 4.80. The van der Waals surface area contributed by atoms with Gasteiger partial charge in [0, 0.05) is 25.9 Å². The van der Waals surface area contributed by atoms with Crippen LogP contribution in [0.5, 0.6) is 0 Å². The largest absolute Gasteiger partial charge is 0.338 e. The number of nitrogens with one attached hydrogen (secondary N) is 1. The van der Waals surface area contributed by atoms with Crippen LogP contribution in [-0.4, -0.2) is 35.5 Å². The highest BCUT2D eigenvalue weighted by atomic mass is 16.2. The first-order chi connectivity index (χ1) is 8.18. The van der Waals surface area contributed by atoms with Crippen LogP contribution < -0.4 is 5.43 Å². The normalized spacial score (nSPS) is 21.7. The van der Waals surface area contributed by atoms with E-state index in [9.17, 15) is 9.59 Å². The van der Waals surface area contributed by atoms with E-state index in [-0.39, 0.29) is 11.8 Å². The molecule has 2 aliphatic rings. The van der Waals surface area contributed by atoms with Gasteiger partial charge in [0.25, 0.3) is 5.91 Å². The van der Waals surface area contributed by atoms with Crippen molar-refractivity contribution < 1.29 is 9.59 Å². The minimum absolute atomic E-state index is 0.0306. The second kappa shape index (κ2) is 5.29. The van der Waals surface area contributed by atoms with Crippen molar-refractivity contribution in [1.82, 2.24) is 10.3 Å². The molecule has 1 aliphatic heterocycles. The van der Waals surface area contributed by atoms with Crippen LogP contribution >= 0.6 is 0 Å². The minimum atomic E-state index is -0.109. The molecule has 0 saturated heterocycles. The highest BCUT2D eigenvalue weighted by Crippen LogP contribution is 2.22. The zero-order chi connectivity index (χ0) is 12.3. The Morgan fingerprint density at radius 1 is 1.29 bits per heavy atom. The summed E-state index contributed by atoms with van der Waals surface area (Å²) in [5.74, 6) is -0.140. The molecule has 1 heterocycles. The summed E-state index contributed by atoms with van der Waals surface area (Å²) >= 11 is 0. The lowest BCUT2D eigenvalue weighted by atomic mass is 9.94. The van der Waals surface area contributed by atoms with E-state index in [1.54, 1.807) is 4.90 Å². The summed E-state index contributed by atoms with van der Waals surface area (Å²) in [6, 6.07) is 0.344. The summed E-state index contributed by atoms with van der Waals surface area (Å²) in [6.07, 6.45) is 6.67. The van der Waals surface area contributed by atoms with Gasteiger partial charge in [-0.1, -0.05) is 19.3 Å². The molecule has 0 aromatic carbocycles. The van der Waals surface area contributed by atoms with Crippen molar-refractivity contribution in [2.45, 2.75) is 51.0 Å². The molecule has 5 nitrogen and oxygen atoms in total. The maximum Gasteiger partial charge on any atom is 0.270 e. The van der Waals surface area contributed by atoms with Gasteiger partial charge >= 0.3 is 0 Å². The predicted molar refractivity (Wildman–Crippen MR) is 64.5 cm³/mol. The van der Waals surface area contributed by atoms with Crippen molar-refractivity contribution in [2.75, 3.05) is 7.05 Å². The fraction of sp³-hybridized carbons (Fsp3) is 0.750. The van der Waals surface area contributed by atoms with Gasteiger partial charge in [0.15, 0.2) is 0 Å². The Labute approximate surface area is 101 Å². The quantitative estimate of drug-likeness (QED) is 0.780. The van der Waals surface area contributed by atoms with Crippen LogP contribution in [0.15, 0.2) is 5.10 Å².